The molecule has 0 fully saturated rings. The first-order chi connectivity index (χ1) is 8.40. The third kappa shape index (κ3) is 3.82. The van der Waals surface area contributed by atoms with Crippen LogP contribution in [-0.4, -0.2) is 16.9 Å². The second kappa shape index (κ2) is 6.34. The van der Waals surface area contributed by atoms with E-state index in [4.69, 9.17) is 0 Å². The van der Waals surface area contributed by atoms with Gasteiger partial charge in [-0.2, -0.15) is 0 Å². The van der Waals surface area contributed by atoms with Crippen molar-refractivity contribution in [3.8, 4) is 0 Å². The highest BCUT2D eigenvalue weighted by Gasteiger charge is 2.22. The van der Waals surface area contributed by atoms with Gasteiger partial charge in [-0.25, -0.2) is 0 Å². The summed E-state index contributed by atoms with van der Waals surface area (Å²) in [5, 5.41) is 1.55. The molecule has 0 bridgehead atoms. The SMILES string of the molecule is C=CC[Si](C)(C)c1ccc(C=C)c(C[SiH](C)C)c1. The van der Waals surface area contributed by atoms with E-state index in [2.05, 4.69) is 63.6 Å². The van der Waals surface area contributed by atoms with E-state index in [0.717, 1.165) is 6.04 Å². The number of allylic oxidation sites excluding steroid dienone is 1. The van der Waals surface area contributed by atoms with E-state index in [0.29, 0.717) is 0 Å². The summed E-state index contributed by atoms with van der Waals surface area (Å²) in [5.74, 6) is 0. The van der Waals surface area contributed by atoms with Crippen LogP contribution >= 0.6 is 0 Å². The van der Waals surface area contributed by atoms with Crippen LogP contribution in [0.2, 0.25) is 32.2 Å². The Morgan fingerprint density at radius 3 is 2.39 bits per heavy atom. The van der Waals surface area contributed by atoms with Crippen LogP contribution in [0.15, 0.2) is 37.4 Å². The van der Waals surface area contributed by atoms with Crippen LogP contribution < -0.4 is 5.19 Å². The quantitative estimate of drug-likeness (QED) is 0.543. The molecule has 0 saturated carbocycles. The second-order valence-corrected chi connectivity index (χ2v) is 14.0. The van der Waals surface area contributed by atoms with Gasteiger partial charge < -0.3 is 0 Å². The molecule has 0 spiro atoms. The molecule has 0 atom stereocenters. The highest BCUT2D eigenvalue weighted by atomic mass is 28.3. The Morgan fingerprint density at radius 1 is 1.22 bits per heavy atom. The lowest BCUT2D eigenvalue weighted by atomic mass is 10.1. The van der Waals surface area contributed by atoms with Crippen LogP contribution in [0, 0.1) is 0 Å². The van der Waals surface area contributed by atoms with Crippen molar-refractivity contribution < 1.29 is 0 Å². The van der Waals surface area contributed by atoms with Crippen LogP contribution in [-0.2, 0) is 6.04 Å². The van der Waals surface area contributed by atoms with E-state index in [1.165, 1.54) is 17.2 Å². The number of benzene rings is 1. The first-order valence-corrected chi connectivity index (χ1v) is 13.1. The lowest BCUT2D eigenvalue weighted by Crippen LogP contribution is -2.41. The van der Waals surface area contributed by atoms with E-state index in [-0.39, 0.29) is 0 Å². The molecular formula is C16H26Si2. The lowest BCUT2D eigenvalue weighted by molar-refractivity contribution is 1.34. The van der Waals surface area contributed by atoms with Crippen molar-refractivity contribution in [3.05, 3.63) is 48.6 Å². The Labute approximate surface area is 115 Å². The number of rotatable bonds is 6. The second-order valence-electron chi connectivity index (χ2n) is 6.09. The first kappa shape index (κ1) is 15.2. The Hall–Kier alpha value is -0.866. The summed E-state index contributed by atoms with van der Waals surface area (Å²) in [4.78, 5) is 0. The third-order valence-corrected chi connectivity index (χ3v) is 7.87. The average Bonchev–Trinajstić information content (AvgIpc) is 2.28. The molecule has 1 aromatic carbocycles. The van der Waals surface area contributed by atoms with E-state index >= 15 is 0 Å². The summed E-state index contributed by atoms with van der Waals surface area (Å²) < 4.78 is 0. The lowest BCUT2D eigenvalue weighted by Gasteiger charge is -2.23. The Balaban J connectivity index is 3.16. The van der Waals surface area contributed by atoms with E-state index in [9.17, 15) is 0 Å². The zero-order valence-electron chi connectivity index (χ0n) is 12.3. The fourth-order valence-corrected chi connectivity index (χ4v) is 5.61. The fraction of sp³-hybridized carbons (Fsp3) is 0.375. The van der Waals surface area contributed by atoms with Crippen molar-refractivity contribution in [2.75, 3.05) is 0 Å². The van der Waals surface area contributed by atoms with Gasteiger partial charge in [0, 0.05) is 8.80 Å². The van der Waals surface area contributed by atoms with Gasteiger partial charge in [0.15, 0.2) is 0 Å². The van der Waals surface area contributed by atoms with Gasteiger partial charge in [0.2, 0.25) is 0 Å². The zero-order valence-corrected chi connectivity index (χ0v) is 14.4. The zero-order chi connectivity index (χ0) is 13.8. The van der Waals surface area contributed by atoms with Gasteiger partial charge in [0.25, 0.3) is 0 Å². The minimum absolute atomic E-state index is 0.582. The molecule has 18 heavy (non-hydrogen) atoms. The summed E-state index contributed by atoms with van der Waals surface area (Å²) in [7, 11) is -1.92. The van der Waals surface area contributed by atoms with Crippen molar-refractivity contribution in [1.82, 2.24) is 0 Å². The monoisotopic (exact) mass is 274 g/mol. The standard InChI is InChI=1S/C16H26Si2/c1-7-11-18(5,6)16-10-9-14(8-2)15(12-16)13-17(3)4/h7-10,12,17H,1-2,11,13H2,3-6H3. The summed E-state index contributed by atoms with van der Waals surface area (Å²) >= 11 is 0. The van der Waals surface area contributed by atoms with Crippen molar-refractivity contribution >= 4 is 28.1 Å². The van der Waals surface area contributed by atoms with Crippen molar-refractivity contribution in [1.29, 1.82) is 0 Å². The maximum Gasteiger partial charge on any atom is 0.0843 e. The molecule has 0 saturated heterocycles. The predicted octanol–water partition coefficient (Wildman–Crippen LogP) is 4.00. The molecular weight excluding hydrogens is 248 g/mol. The van der Waals surface area contributed by atoms with Crippen molar-refractivity contribution in [2.24, 2.45) is 0 Å². The minimum Gasteiger partial charge on any atom is -0.103 e. The minimum atomic E-state index is -1.33. The number of hydrogen-bond donors (Lipinski definition) is 0. The normalized spacial score (nSPS) is 11.6. The first-order valence-electron chi connectivity index (χ1n) is 6.77. The molecule has 0 aliphatic rings. The van der Waals surface area contributed by atoms with Crippen LogP contribution in [0.5, 0.6) is 0 Å². The summed E-state index contributed by atoms with van der Waals surface area (Å²) in [6.07, 6.45) is 4.07. The maximum atomic E-state index is 3.94. The van der Waals surface area contributed by atoms with Crippen LogP contribution in [0.25, 0.3) is 6.08 Å². The molecule has 0 N–H and O–H groups in total. The van der Waals surface area contributed by atoms with Crippen LogP contribution in [0.3, 0.4) is 0 Å². The molecule has 98 valence electrons. The van der Waals surface area contributed by atoms with Crippen LogP contribution in [0.4, 0.5) is 0 Å². The molecule has 1 rings (SSSR count). The van der Waals surface area contributed by atoms with E-state index < -0.39 is 16.9 Å². The van der Waals surface area contributed by atoms with Crippen molar-refractivity contribution in [3.63, 3.8) is 0 Å². The highest BCUT2D eigenvalue weighted by Crippen LogP contribution is 2.16. The average molecular weight is 275 g/mol. The maximum absolute atomic E-state index is 3.94. The molecule has 0 aromatic heterocycles. The summed E-state index contributed by atoms with van der Waals surface area (Å²) in [6, 6.07) is 9.43. The molecule has 1 aromatic rings. The fourth-order valence-electron chi connectivity index (χ4n) is 2.32. The largest absolute Gasteiger partial charge is 0.103 e. The summed E-state index contributed by atoms with van der Waals surface area (Å²) in [5.41, 5.74) is 2.83. The summed E-state index contributed by atoms with van der Waals surface area (Å²) in [6.45, 7) is 17.5. The van der Waals surface area contributed by atoms with Crippen molar-refractivity contribution in [2.45, 2.75) is 38.3 Å². The van der Waals surface area contributed by atoms with Gasteiger partial charge in [0.05, 0.1) is 8.07 Å². The van der Waals surface area contributed by atoms with Gasteiger partial charge >= 0.3 is 0 Å². The smallest absolute Gasteiger partial charge is 0.0843 e. The molecule has 0 unspecified atom stereocenters. The van der Waals surface area contributed by atoms with Gasteiger partial charge in [-0.15, -0.1) is 6.58 Å². The molecule has 0 aliphatic heterocycles. The van der Waals surface area contributed by atoms with Gasteiger partial charge in [-0.05, 0) is 23.2 Å². The Bertz CT molecular complexity index is 431. The molecule has 0 aliphatic carbocycles. The van der Waals surface area contributed by atoms with Gasteiger partial charge in [-0.1, -0.05) is 68.3 Å². The van der Waals surface area contributed by atoms with Gasteiger partial charge in [0.1, 0.15) is 0 Å². The molecule has 0 heterocycles. The molecule has 0 nitrogen and oxygen atoms in total. The predicted molar refractivity (Wildman–Crippen MR) is 91.2 cm³/mol. The Kier molecular flexibility index (Phi) is 5.35. The van der Waals surface area contributed by atoms with E-state index in [1.54, 1.807) is 5.19 Å². The number of hydrogen-bond acceptors (Lipinski definition) is 0. The molecule has 0 amide bonds. The van der Waals surface area contributed by atoms with E-state index in [1.807, 2.05) is 6.08 Å². The Morgan fingerprint density at radius 2 is 1.89 bits per heavy atom. The topological polar surface area (TPSA) is 0 Å². The molecule has 2 heteroatoms. The third-order valence-electron chi connectivity index (χ3n) is 3.43. The van der Waals surface area contributed by atoms with Crippen LogP contribution in [0.1, 0.15) is 11.1 Å². The van der Waals surface area contributed by atoms with Gasteiger partial charge in [-0.3, -0.25) is 0 Å². The molecule has 0 radical (unpaired) electrons. The highest BCUT2D eigenvalue weighted by molar-refractivity contribution is 6.90.